The van der Waals surface area contributed by atoms with Crippen molar-refractivity contribution in [3.05, 3.63) is 35.4 Å². The van der Waals surface area contributed by atoms with E-state index >= 15 is 0 Å². The van der Waals surface area contributed by atoms with E-state index in [1.165, 1.54) is 30.4 Å². The summed E-state index contributed by atoms with van der Waals surface area (Å²) in [5.74, 6) is 0. The fraction of sp³-hybridized carbons (Fsp3) is 0.500. The summed E-state index contributed by atoms with van der Waals surface area (Å²) in [5.41, 5.74) is 2.90. The van der Waals surface area contributed by atoms with Crippen LogP contribution in [0.4, 0.5) is 0 Å². The van der Waals surface area contributed by atoms with Crippen molar-refractivity contribution in [1.82, 2.24) is 0 Å². The molecule has 0 spiro atoms. The Kier molecular flexibility index (Phi) is 5.55. The van der Waals surface area contributed by atoms with Gasteiger partial charge in [-0.1, -0.05) is 37.6 Å². The molecule has 15 heavy (non-hydrogen) atoms. The van der Waals surface area contributed by atoms with E-state index in [9.17, 15) is 0 Å². The van der Waals surface area contributed by atoms with E-state index in [1.807, 2.05) is 0 Å². The van der Waals surface area contributed by atoms with Crippen LogP contribution in [-0.4, -0.2) is 0 Å². The Labute approximate surface area is 92.7 Å². The maximum Gasteiger partial charge on any atom is 0.0621 e. The van der Waals surface area contributed by atoms with Crippen LogP contribution in [0.1, 0.15) is 43.7 Å². The lowest BCUT2D eigenvalue weighted by Gasteiger charge is -2.07. The van der Waals surface area contributed by atoms with Crippen molar-refractivity contribution in [2.24, 2.45) is 0 Å². The molecule has 0 aliphatic carbocycles. The molecule has 0 aromatic heterocycles. The van der Waals surface area contributed by atoms with Gasteiger partial charge in [-0.15, -0.1) is 0 Å². The molecule has 1 aromatic rings. The van der Waals surface area contributed by atoms with Gasteiger partial charge in [0.25, 0.3) is 0 Å². The highest BCUT2D eigenvalue weighted by Gasteiger charge is 2.00. The maximum absolute atomic E-state index is 8.50. The highest BCUT2D eigenvalue weighted by atomic mass is 14.2. The number of nitrogens with zero attached hydrogens (tertiary/aromatic N) is 1. The van der Waals surface area contributed by atoms with Gasteiger partial charge in [-0.25, -0.2) is 0 Å². The molecule has 1 rings (SSSR count). The van der Waals surface area contributed by atoms with E-state index in [-0.39, 0.29) is 0 Å². The first-order valence-corrected chi connectivity index (χ1v) is 5.82. The second kappa shape index (κ2) is 7.06. The molecule has 0 bridgehead atoms. The zero-order chi connectivity index (χ0) is 10.9. The van der Waals surface area contributed by atoms with Gasteiger partial charge in [0.05, 0.1) is 6.07 Å². The van der Waals surface area contributed by atoms with Crippen LogP contribution in [0.15, 0.2) is 24.3 Å². The number of rotatable bonds is 6. The van der Waals surface area contributed by atoms with Gasteiger partial charge < -0.3 is 0 Å². The number of benzene rings is 1. The molecule has 80 valence electrons. The second-order valence-corrected chi connectivity index (χ2v) is 3.88. The minimum atomic E-state index is 0.669. The van der Waals surface area contributed by atoms with E-state index in [4.69, 9.17) is 5.26 Å². The quantitative estimate of drug-likeness (QED) is 0.641. The standard InChI is InChI=1S/C14H19N/c1-2-3-8-13-9-4-5-10-14(13)11-6-7-12-15/h4-5,9-10H,2-3,6-8,11H2,1H3. The SMILES string of the molecule is CCCCc1ccccc1CCCC#N. The van der Waals surface area contributed by atoms with Crippen molar-refractivity contribution in [3.63, 3.8) is 0 Å². The van der Waals surface area contributed by atoms with Gasteiger partial charge in [0.2, 0.25) is 0 Å². The van der Waals surface area contributed by atoms with Gasteiger partial charge in [0.15, 0.2) is 0 Å². The van der Waals surface area contributed by atoms with Crippen LogP contribution in [0.25, 0.3) is 0 Å². The average molecular weight is 201 g/mol. The van der Waals surface area contributed by atoms with Crippen molar-refractivity contribution in [3.8, 4) is 6.07 Å². The van der Waals surface area contributed by atoms with Crippen molar-refractivity contribution >= 4 is 0 Å². The largest absolute Gasteiger partial charge is 0.198 e. The van der Waals surface area contributed by atoms with Crippen LogP contribution in [0, 0.1) is 11.3 Å². The summed E-state index contributed by atoms with van der Waals surface area (Å²) < 4.78 is 0. The van der Waals surface area contributed by atoms with Gasteiger partial charge in [-0.2, -0.15) is 5.26 Å². The minimum Gasteiger partial charge on any atom is -0.198 e. The van der Waals surface area contributed by atoms with Crippen LogP contribution in [0.3, 0.4) is 0 Å². The average Bonchev–Trinajstić information content (AvgIpc) is 2.28. The molecule has 0 atom stereocenters. The van der Waals surface area contributed by atoms with E-state index in [2.05, 4.69) is 37.3 Å². The molecular formula is C14H19N. The van der Waals surface area contributed by atoms with Crippen LogP contribution in [0.2, 0.25) is 0 Å². The predicted octanol–water partition coefficient (Wildman–Crippen LogP) is 3.88. The van der Waals surface area contributed by atoms with Crippen LogP contribution < -0.4 is 0 Å². The first kappa shape index (κ1) is 11.8. The number of aryl methyl sites for hydroxylation is 2. The van der Waals surface area contributed by atoms with Crippen LogP contribution >= 0.6 is 0 Å². The summed E-state index contributed by atoms with van der Waals surface area (Å²) in [5, 5.41) is 8.50. The fourth-order valence-electron chi connectivity index (χ4n) is 1.77. The molecule has 1 heteroatoms. The smallest absolute Gasteiger partial charge is 0.0621 e. The summed E-state index contributed by atoms with van der Waals surface area (Å²) in [6.07, 6.45) is 6.39. The molecule has 0 fully saturated rings. The molecule has 1 nitrogen and oxygen atoms in total. The Morgan fingerprint density at radius 3 is 2.20 bits per heavy atom. The van der Waals surface area contributed by atoms with E-state index in [0.29, 0.717) is 6.42 Å². The summed E-state index contributed by atoms with van der Waals surface area (Å²) >= 11 is 0. The van der Waals surface area contributed by atoms with Crippen molar-refractivity contribution in [2.45, 2.75) is 45.4 Å². The molecule has 0 N–H and O–H groups in total. The molecule has 1 aromatic carbocycles. The molecule has 0 radical (unpaired) electrons. The molecule has 0 aliphatic heterocycles. The lowest BCUT2D eigenvalue weighted by Crippen LogP contribution is -1.94. The molecular weight excluding hydrogens is 182 g/mol. The minimum absolute atomic E-state index is 0.669. The number of hydrogen-bond donors (Lipinski definition) is 0. The monoisotopic (exact) mass is 201 g/mol. The molecule has 0 unspecified atom stereocenters. The van der Waals surface area contributed by atoms with Gasteiger partial charge in [-0.3, -0.25) is 0 Å². The summed E-state index contributed by atoms with van der Waals surface area (Å²) in [6.45, 7) is 2.22. The molecule has 0 aliphatic rings. The third kappa shape index (κ3) is 4.16. The Bertz CT molecular complexity index is 322. The van der Waals surface area contributed by atoms with Crippen molar-refractivity contribution in [2.75, 3.05) is 0 Å². The third-order valence-electron chi connectivity index (χ3n) is 2.65. The Balaban J connectivity index is 2.56. The third-order valence-corrected chi connectivity index (χ3v) is 2.65. The number of unbranched alkanes of at least 4 members (excludes halogenated alkanes) is 2. The topological polar surface area (TPSA) is 23.8 Å². The predicted molar refractivity (Wildman–Crippen MR) is 63.6 cm³/mol. The van der Waals surface area contributed by atoms with Gasteiger partial charge in [-0.05, 0) is 36.8 Å². The Hall–Kier alpha value is -1.29. The number of nitriles is 1. The second-order valence-electron chi connectivity index (χ2n) is 3.88. The van der Waals surface area contributed by atoms with E-state index in [0.717, 1.165) is 12.8 Å². The first-order chi connectivity index (χ1) is 7.38. The molecule has 0 heterocycles. The number of hydrogen-bond acceptors (Lipinski definition) is 1. The molecule has 0 saturated heterocycles. The maximum atomic E-state index is 8.50. The van der Waals surface area contributed by atoms with E-state index < -0.39 is 0 Å². The van der Waals surface area contributed by atoms with Crippen molar-refractivity contribution in [1.29, 1.82) is 5.26 Å². The summed E-state index contributed by atoms with van der Waals surface area (Å²) in [7, 11) is 0. The van der Waals surface area contributed by atoms with Crippen molar-refractivity contribution < 1.29 is 0 Å². The summed E-state index contributed by atoms with van der Waals surface area (Å²) in [6, 6.07) is 10.8. The molecule has 0 amide bonds. The highest BCUT2D eigenvalue weighted by molar-refractivity contribution is 5.27. The lowest BCUT2D eigenvalue weighted by molar-refractivity contribution is 0.773. The zero-order valence-corrected chi connectivity index (χ0v) is 9.50. The van der Waals surface area contributed by atoms with Gasteiger partial charge in [0.1, 0.15) is 0 Å². The Morgan fingerprint density at radius 2 is 1.67 bits per heavy atom. The van der Waals surface area contributed by atoms with Crippen LogP contribution in [0.5, 0.6) is 0 Å². The normalized spacial score (nSPS) is 9.87. The lowest BCUT2D eigenvalue weighted by atomic mass is 9.98. The van der Waals surface area contributed by atoms with E-state index in [1.54, 1.807) is 0 Å². The Morgan fingerprint density at radius 1 is 1.07 bits per heavy atom. The van der Waals surface area contributed by atoms with Gasteiger partial charge in [0, 0.05) is 6.42 Å². The van der Waals surface area contributed by atoms with Gasteiger partial charge >= 0.3 is 0 Å². The fourth-order valence-corrected chi connectivity index (χ4v) is 1.77. The highest BCUT2D eigenvalue weighted by Crippen LogP contribution is 2.14. The zero-order valence-electron chi connectivity index (χ0n) is 9.50. The first-order valence-electron chi connectivity index (χ1n) is 5.82. The summed E-state index contributed by atoms with van der Waals surface area (Å²) in [4.78, 5) is 0. The molecule has 0 saturated carbocycles. The van der Waals surface area contributed by atoms with Crippen LogP contribution in [-0.2, 0) is 12.8 Å².